The molecule has 0 bridgehead atoms. The average Bonchev–Trinajstić information content (AvgIpc) is 3.24. The maximum atomic E-state index is 12.8. The van der Waals surface area contributed by atoms with Gasteiger partial charge in [0.15, 0.2) is 0 Å². The number of nitrogens with zero attached hydrogens (tertiary/aromatic N) is 1. The van der Waals surface area contributed by atoms with E-state index in [-0.39, 0.29) is 0 Å². The van der Waals surface area contributed by atoms with Gasteiger partial charge in [-0.1, -0.05) is 24.3 Å². The Bertz CT molecular complexity index is 1360. The lowest BCUT2D eigenvalue weighted by atomic mass is 9.94. The molecular weight excluding hydrogens is 439 g/mol. The normalized spacial score (nSPS) is 13.3. The monoisotopic (exact) mass is 453 g/mol. The molecule has 2 N–H and O–H groups in total. The second kappa shape index (κ2) is 7.45. The molecule has 0 saturated carbocycles. The molecule has 1 aliphatic rings. The molecule has 9 heteroatoms. The van der Waals surface area contributed by atoms with Crippen molar-refractivity contribution in [2.24, 2.45) is 0 Å². The van der Waals surface area contributed by atoms with Crippen molar-refractivity contribution >= 4 is 39.6 Å². The van der Waals surface area contributed by atoms with E-state index in [9.17, 15) is 22.8 Å². The van der Waals surface area contributed by atoms with E-state index in [0.717, 1.165) is 28.9 Å². The van der Waals surface area contributed by atoms with Gasteiger partial charge in [0.2, 0.25) is 0 Å². The molecule has 1 aliphatic heterocycles. The number of rotatable bonds is 4. The van der Waals surface area contributed by atoms with Gasteiger partial charge in [-0.05, 0) is 30.3 Å². The van der Waals surface area contributed by atoms with Crippen LogP contribution in [0.4, 0.5) is 18.9 Å². The number of aromatic nitrogens is 1. The largest absolute Gasteiger partial charge is 0.416 e. The summed E-state index contributed by atoms with van der Waals surface area (Å²) in [4.78, 5) is 28.8. The Morgan fingerprint density at radius 2 is 1.66 bits per heavy atom. The van der Waals surface area contributed by atoms with Crippen molar-refractivity contribution in [2.45, 2.75) is 12.7 Å². The van der Waals surface area contributed by atoms with Crippen molar-refractivity contribution < 1.29 is 22.8 Å². The van der Waals surface area contributed by atoms with Crippen LogP contribution in [0, 0.1) is 0 Å². The van der Waals surface area contributed by atoms with Gasteiger partial charge in [0.1, 0.15) is 5.01 Å². The number of hydrogen-bond acceptors (Lipinski definition) is 5. The van der Waals surface area contributed by atoms with Gasteiger partial charge in [-0.25, -0.2) is 4.98 Å². The number of benzene rings is 3. The van der Waals surface area contributed by atoms with Gasteiger partial charge in [0, 0.05) is 38.5 Å². The number of thiazole rings is 1. The van der Waals surface area contributed by atoms with Crippen LogP contribution in [-0.2, 0) is 12.7 Å². The highest BCUT2D eigenvalue weighted by molar-refractivity contribution is 7.13. The van der Waals surface area contributed by atoms with Gasteiger partial charge < -0.3 is 5.32 Å². The van der Waals surface area contributed by atoms with Crippen molar-refractivity contribution in [1.29, 1.82) is 0 Å². The van der Waals surface area contributed by atoms with Crippen molar-refractivity contribution in [3.63, 3.8) is 0 Å². The molecule has 32 heavy (non-hydrogen) atoms. The molecule has 0 unspecified atom stereocenters. The van der Waals surface area contributed by atoms with Crippen LogP contribution in [0.1, 0.15) is 32.0 Å². The molecule has 0 atom stereocenters. The molecule has 3 aromatic carbocycles. The number of halogens is 3. The van der Waals surface area contributed by atoms with E-state index < -0.39 is 23.6 Å². The first kappa shape index (κ1) is 20.2. The Balaban J connectivity index is 1.39. The molecule has 0 aliphatic carbocycles. The van der Waals surface area contributed by atoms with Crippen LogP contribution in [0.5, 0.6) is 0 Å². The Morgan fingerprint density at radius 3 is 2.38 bits per heavy atom. The molecule has 5 rings (SSSR count). The van der Waals surface area contributed by atoms with E-state index >= 15 is 0 Å². The Kier molecular flexibility index (Phi) is 4.70. The summed E-state index contributed by atoms with van der Waals surface area (Å²) >= 11 is 1.34. The Hall–Kier alpha value is -3.72. The fraction of sp³-hybridized carbons (Fsp3) is 0.0870. The highest BCUT2D eigenvalue weighted by Gasteiger charge is 2.30. The van der Waals surface area contributed by atoms with E-state index in [2.05, 4.69) is 15.6 Å². The number of nitrogens with one attached hydrogen (secondary N) is 2. The molecule has 1 aromatic heterocycles. The van der Waals surface area contributed by atoms with E-state index in [1.807, 2.05) is 11.4 Å². The van der Waals surface area contributed by atoms with Crippen LogP contribution in [0.2, 0.25) is 0 Å². The molecule has 160 valence electrons. The van der Waals surface area contributed by atoms with E-state index in [0.29, 0.717) is 33.6 Å². The molecule has 0 radical (unpaired) electrons. The molecular formula is C23H14F3N3O2S. The van der Waals surface area contributed by atoms with Crippen LogP contribution in [-0.4, -0.2) is 16.8 Å². The minimum Gasteiger partial charge on any atom is -0.379 e. The first-order valence-electron chi connectivity index (χ1n) is 9.58. The average molecular weight is 453 g/mol. The smallest absolute Gasteiger partial charge is 0.379 e. The number of amides is 2. The molecule has 2 amide bonds. The Morgan fingerprint density at radius 1 is 0.938 bits per heavy atom. The van der Waals surface area contributed by atoms with Crippen LogP contribution < -0.4 is 10.6 Å². The summed E-state index contributed by atoms with van der Waals surface area (Å²) in [6.45, 7) is 0.371. The SMILES string of the molecule is O=C1NC(=O)c2ccc(NCc3csc(-c4ccc(C(F)(F)F)cc4)n3)c3cccc1c23. The third-order valence-corrected chi connectivity index (χ3v) is 6.17. The molecule has 4 aromatic rings. The van der Waals surface area contributed by atoms with Gasteiger partial charge in [0.05, 0.1) is 17.8 Å². The molecule has 2 heterocycles. The molecule has 0 saturated heterocycles. The minimum absolute atomic E-state index is 0.371. The minimum atomic E-state index is -4.37. The van der Waals surface area contributed by atoms with Gasteiger partial charge in [0.25, 0.3) is 11.8 Å². The lowest BCUT2D eigenvalue weighted by molar-refractivity contribution is -0.137. The van der Waals surface area contributed by atoms with Crippen LogP contribution in [0.3, 0.4) is 0 Å². The first-order chi connectivity index (χ1) is 15.3. The van der Waals surface area contributed by atoms with E-state index in [1.165, 1.54) is 23.5 Å². The van der Waals surface area contributed by atoms with Crippen molar-refractivity contribution in [1.82, 2.24) is 10.3 Å². The van der Waals surface area contributed by atoms with Gasteiger partial charge in [-0.15, -0.1) is 11.3 Å². The summed E-state index contributed by atoms with van der Waals surface area (Å²) in [5.74, 6) is -0.850. The summed E-state index contributed by atoms with van der Waals surface area (Å²) in [6.07, 6.45) is -4.37. The fourth-order valence-corrected chi connectivity index (χ4v) is 4.51. The zero-order valence-electron chi connectivity index (χ0n) is 16.3. The number of carbonyl (C=O) groups excluding carboxylic acids is 2. The third kappa shape index (κ3) is 3.50. The molecule has 0 spiro atoms. The number of imide groups is 1. The summed E-state index contributed by atoms with van der Waals surface area (Å²) in [6, 6.07) is 13.6. The van der Waals surface area contributed by atoms with Crippen LogP contribution in [0.15, 0.2) is 60.0 Å². The zero-order chi connectivity index (χ0) is 22.5. The summed E-state index contributed by atoms with van der Waals surface area (Å²) in [5, 5.41) is 9.43. The molecule has 5 nitrogen and oxygen atoms in total. The number of anilines is 1. The second-order valence-electron chi connectivity index (χ2n) is 7.24. The standard InChI is InChI=1S/C23H14F3N3O2S/c24-23(25,26)13-6-4-12(5-7-13)22-28-14(11-32-22)10-27-18-9-8-17-19-15(18)2-1-3-16(19)20(30)29-21(17)31/h1-9,11,27H,10H2,(H,29,30,31). The van der Waals surface area contributed by atoms with Crippen LogP contribution in [0.25, 0.3) is 21.3 Å². The predicted octanol–water partition coefficient (Wildman–Crippen LogP) is 5.48. The first-order valence-corrected chi connectivity index (χ1v) is 10.5. The van der Waals surface area contributed by atoms with E-state index in [1.54, 1.807) is 24.3 Å². The van der Waals surface area contributed by atoms with E-state index in [4.69, 9.17) is 0 Å². The van der Waals surface area contributed by atoms with Gasteiger partial charge >= 0.3 is 6.18 Å². The highest BCUT2D eigenvalue weighted by atomic mass is 32.1. The number of hydrogen-bond donors (Lipinski definition) is 2. The summed E-state index contributed by atoms with van der Waals surface area (Å²) in [7, 11) is 0. The number of alkyl halides is 3. The van der Waals surface area contributed by atoms with Gasteiger partial charge in [-0.3, -0.25) is 14.9 Å². The third-order valence-electron chi connectivity index (χ3n) is 5.23. The maximum absolute atomic E-state index is 12.8. The predicted molar refractivity (Wildman–Crippen MR) is 116 cm³/mol. The van der Waals surface area contributed by atoms with Crippen molar-refractivity contribution in [3.8, 4) is 10.6 Å². The zero-order valence-corrected chi connectivity index (χ0v) is 17.1. The van der Waals surface area contributed by atoms with Gasteiger partial charge in [-0.2, -0.15) is 13.2 Å². The van der Waals surface area contributed by atoms with Crippen LogP contribution >= 0.6 is 11.3 Å². The topological polar surface area (TPSA) is 71.1 Å². The second-order valence-corrected chi connectivity index (χ2v) is 8.10. The quantitative estimate of drug-likeness (QED) is 0.402. The summed E-state index contributed by atoms with van der Waals surface area (Å²) in [5.41, 5.74) is 2.27. The lowest BCUT2D eigenvalue weighted by Gasteiger charge is -2.18. The fourth-order valence-electron chi connectivity index (χ4n) is 3.69. The van der Waals surface area contributed by atoms with Crippen molar-refractivity contribution in [3.05, 3.63) is 82.4 Å². The molecule has 0 fully saturated rings. The Labute approximate surface area is 183 Å². The lowest BCUT2D eigenvalue weighted by Crippen LogP contribution is -2.34. The maximum Gasteiger partial charge on any atom is 0.416 e. The summed E-state index contributed by atoms with van der Waals surface area (Å²) < 4.78 is 38.3. The number of carbonyl (C=O) groups is 2. The highest BCUT2D eigenvalue weighted by Crippen LogP contribution is 2.33. The van der Waals surface area contributed by atoms with Crippen molar-refractivity contribution in [2.75, 3.05) is 5.32 Å².